The molecule has 1 amide bonds. The second-order valence-electron chi connectivity index (χ2n) is 6.81. The van der Waals surface area contributed by atoms with Crippen LogP contribution in [0.3, 0.4) is 0 Å². The van der Waals surface area contributed by atoms with Gasteiger partial charge >= 0.3 is 11.1 Å². The number of nitrogens with zero attached hydrogens (tertiary/aromatic N) is 2. The summed E-state index contributed by atoms with van der Waals surface area (Å²) in [6.07, 6.45) is 0. The van der Waals surface area contributed by atoms with E-state index < -0.39 is 11.1 Å². The third-order valence-corrected chi connectivity index (χ3v) is 5.07. The minimum Gasteiger partial charge on any atom is -0.497 e. The first-order valence-electron chi connectivity index (χ1n) is 9.66. The molecule has 0 saturated heterocycles. The number of hydrogen-bond acceptors (Lipinski definition) is 5. The van der Waals surface area contributed by atoms with Gasteiger partial charge in [-0.1, -0.05) is 0 Å². The number of hydrogen-bond donors (Lipinski definition) is 1. The van der Waals surface area contributed by atoms with Crippen LogP contribution < -0.4 is 25.9 Å². The molecule has 158 valence electrons. The maximum Gasteiger partial charge on any atom is 0.316 e. The molecule has 1 heterocycles. The number of carbonyl (C=O) groups excluding carboxylic acids is 1. The van der Waals surface area contributed by atoms with Gasteiger partial charge < -0.3 is 23.9 Å². The average molecular weight is 411 g/mol. The molecule has 1 aromatic heterocycles. The topological polar surface area (TPSA) is 91.6 Å². The summed E-state index contributed by atoms with van der Waals surface area (Å²) in [5.41, 5.74) is 1.82. The summed E-state index contributed by atoms with van der Waals surface area (Å²) in [7, 11) is 3.03. The minimum absolute atomic E-state index is 0.344. The van der Waals surface area contributed by atoms with Crippen molar-refractivity contribution < 1.29 is 14.3 Å². The Labute approximate surface area is 173 Å². The van der Waals surface area contributed by atoms with E-state index in [1.165, 1.54) is 23.4 Å². The maximum absolute atomic E-state index is 12.9. The van der Waals surface area contributed by atoms with Crippen LogP contribution in [0.4, 0.5) is 5.69 Å². The minimum atomic E-state index is -0.578. The smallest absolute Gasteiger partial charge is 0.316 e. The van der Waals surface area contributed by atoms with Crippen molar-refractivity contribution in [2.24, 2.45) is 0 Å². The number of rotatable bonds is 6. The highest BCUT2D eigenvalue weighted by Crippen LogP contribution is 2.26. The molecule has 0 aliphatic carbocycles. The lowest BCUT2D eigenvalue weighted by atomic mass is 10.1. The predicted molar refractivity (Wildman–Crippen MR) is 116 cm³/mol. The molecule has 2 aromatic carbocycles. The lowest BCUT2D eigenvalue weighted by Crippen LogP contribution is -2.41. The predicted octanol–water partition coefficient (Wildman–Crippen LogP) is 2.78. The van der Waals surface area contributed by atoms with Crippen LogP contribution >= 0.6 is 0 Å². The van der Waals surface area contributed by atoms with E-state index in [4.69, 9.17) is 9.47 Å². The molecule has 0 aliphatic rings. The van der Waals surface area contributed by atoms with Gasteiger partial charge in [-0.25, -0.2) is 0 Å². The van der Waals surface area contributed by atoms with Crippen LogP contribution in [-0.2, 0) is 13.1 Å². The fraction of sp³-hybridized carbons (Fsp3) is 0.318. The highest BCUT2D eigenvalue weighted by Gasteiger charge is 2.16. The standard InChI is InChI=1S/C22H25N3O5/c1-6-24-18-8-13(3)17(12-19(18)25(7-2)22(28)21(24)27)23-20(26)14-9-15(29-4)11-16(10-14)30-5/h8-12H,6-7H2,1-5H3,(H,23,26). The van der Waals surface area contributed by atoms with Crippen LogP contribution in [0.2, 0.25) is 0 Å². The molecule has 0 unspecified atom stereocenters. The monoisotopic (exact) mass is 411 g/mol. The molecule has 0 atom stereocenters. The number of nitrogens with one attached hydrogen (secondary N) is 1. The second-order valence-corrected chi connectivity index (χ2v) is 6.81. The van der Waals surface area contributed by atoms with Crippen molar-refractivity contribution in [2.45, 2.75) is 33.9 Å². The number of ether oxygens (including phenoxy) is 2. The van der Waals surface area contributed by atoms with Gasteiger partial charge in [0.15, 0.2) is 0 Å². The molecule has 0 bridgehead atoms. The molecule has 3 rings (SSSR count). The number of fused-ring (bicyclic) bond motifs is 1. The lowest BCUT2D eigenvalue weighted by Gasteiger charge is -2.16. The van der Waals surface area contributed by atoms with Crippen molar-refractivity contribution in [3.05, 3.63) is 62.2 Å². The van der Waals surface area contributed by atoms with E-state index in [0.29, 0.717) is 46.9 Å². The van der Waals surface area contributed by atoms with Crippen molar-refractivity contribution in [3.63, 3.8) is 0 Å². The number of aromatic nitrogens is 2. The Bertz CT molecular complexity index is 1220. The quantitative estimate of drug-likeness (QED) is 0.630. The van der Waals surface area contributed by atoms with Crippen LogP contribution in [0.25, 0.3) is 11.0 Å². The van der Waals surface area contributed by atoms with Gasteiger partial charge in [0.25, 0.3) is 5.91 Å². The van der Waals surface area contributed by atoms with Crippen LogP contribution in [0, 0.1) is 6.92 Å². The zero-order valence-electron chi connectivity index (χ0n) is 17.7. The maximum atomic E-state index is 12.9. The molecular weight excluding hydrogens is 386 g/mol. The van der Waals surface area contributed by atoms with Gasteiger partial charge in [0, 0.05) is 30.4 Å². The third-order valence-electron chi connectivity index (χ3n) is 5.07. The summed E-state index contributed by atoms with van der Waals surface area (Å²) < 4.78 is 13.3. The fourth-order valence-electron chi connectivity index (χ4n) is 3.46. The number of carbonyl (C=O) groups is 1. The highest BCUT2D eigenvalue weighted by atomic mass is 16.5. The first-order chi connectivity index (χ1) is 14.3. The number of benzene rings is 2. The highest BCUT2D eigenvalue weighted by molar-refractivity contribution is 6.06. The lowest BCUT2D eigenvalue weighted by molar-refractivity contribution is 0.102. The zero-order chi connectivity index (χ0) is 22.0. The van der Waals surface area contributed by atoms with Crippen molar-refractivity contribution in [1.29, 1.82) is 0 Å². The summed E-state index contributed by atoms with van der Waals surface area (Å²) in [6, 6.07) is 8.46. The Morgan fingerprint density at radius 1 is 0.867 bits per heavy atom. The molecular formula is C22H25N3O5. The van der Waals surface area contributed by atoms with Gasteiger partial charge in [-0.05, 0) is 50.6 Å². The van der Waals surface area contributed by atoms with Gasteiger partial charge in [-0.15, -0.1) is 0 Å². The van der Waals surface area contributed by atoms with Gasteiger partial charge in [0.05, 0.1) is 25.3 Å². The summed E-state index contributed by atoms with van der Waals surface area (Å²) in [6.45, 7) is 6.19. The molecule has 0 saturated carbocycles. The van der Waals surface area contributed by atoms with Crippen LogP contribution in [0.1, 0.15) is 29.8 Å². The van der Waals surface area contributed by atoms with Crippen molar-refractivity contribution in [3.8, 4) is 11.5 Å². The Balaban J connectivity index is 2.12. The first kappa shape index (κ1) is 21.2. The fourth-order valence-corrected chi connectivity index (χ4v) is 3.46. The van der Waals surface area contributed by atoms with E-state index in [-0.39, 0.29) is 5.91 Å². The summed E-state index contributed by atoms with van der Waals surface area (Å²) in [5, 5.41) is 2.89. The van der Waals surface area contributed by atoms with E-state index >= 15 is 0 Å². The van der Waals surface area contributed by atoms with Crippen molar-refractivity contribution >= 4 is 22.6 Å². The molecule has 0 spiro atoms. The van der Waals surface area contributed by atoms with Gasteiger partial charge in [-0.3, -0.25) is 14.4 Å². The summed E-state index contributed by atoms with van der Waals surface area (Å²) in [4.78, 5) is 37.8. The van der Waals surface area contributed by atoms with Gasteiger partial charge in [-0.2, -0.15) is 0 Å². The summed E-state index contributed by atoms with van der Waals surface area (Å²) >= 11 is 0. The number of aryl methyl sites for hydroxylation is 3. The molecule has 8 heteroatoms. The molecule has 3 aromatic rings. The van der Waals surface area contributed by atoms with Gasteiger partial charge in [0.1, 0.15) is 11.5 Å². The normalized spacial score (nSPS) is 10.8. The van der Waals surface area contributed by atoms with Crippen molar-refractivity contribution in [2.75, 3.05) is 19.5 Å². The van der Waals surface area contributed by atoms with E-state index in [9.17, 15) is 14.4 Å². The largest absolute Gasteiger partial charge is 0.497 e. The Kier molecular flexibility index (Phi) is 5.96. The Hall–Kier alpha value is -3.55. The molecule has 8 nitrogen and oxygen atoms in total. The Morgan fingerprint density at radius 3 is 1.83 bits per heavy atom. The first-order valence-corrected chi connectivity index (χ1v) is 9.66. The molecule has 0 fully saturated rings. The van der Waals surface area contributed by atoms with Gasteiger partial charge in [0.2, 0.25) is 0 Å². The van der Waals surface area contributed by atoms with Crippen molar-refractivity contribution in [1.82, 2.24) is 9.13 Å². The van der Waals surface area contributed by atoms with E-state index in [1.54, 1.807) is 31.2 Å². The number of anilines is 1. The van der Waals surface area contributed by atoms with E-state index in [1.807, 2.05) is 19.9 Å². The van der Waals surface area contributed by atoms with E-state index in [0.717, 1.165) is 5.56 Å². The second kappa shape index (κ2) is 8.44. The molecule has 30 heavy (non-hydrogen) atoms. The zero-order valence-corrected chi connectivity index (χ0v) is 17.7. The van der Waals surface area contributed by atoms with Crippen LogP contribution in [0.15, 0.2) is 39.9 Å². The Morgan fingerprint density at radius 2 is 1.37 bits per heavy atom. The summed E-state index contributed by atoms with van der Waals surface area (Å²) in [5.74, 6) is 0.659. The molecule has 1 N–H and O–H groups in total. The molecule has 0 aliphatic heterocycles. The number of methoxy groups -OCH3 is 2. The molecule has 0 radical (unpaired) electrons. The van der Waals surface area contributed by atoms with Crippen LogP contribution in [0.5, 0.6) is 11.5 Å². The van der Waals surface area contributed by atoms with Crippen LogP contribution in [-0.4, -0.2) is 29.3 Å². The number of amides is 1. The third kappa shape index (κ3) is 3.68. The SMILES string of the molecule is CCn1c(=O)c(=O)n(CC)c2cc(NC(=O)c3cc(OC)cc(OC)c3)c(C)cc21. The average Bonchev–Trinajstić information content (AvgIpc) is 2.75. The van der Waals surface area contributed by atoms with E-state index in [2.05, 4.69) is 5.32 Å².